The molecular formula is C29H39N5O4S. The molecule has 1 aromatic carbocycles. The molecular weight excluding hydrogens is 514 g/mol. The topological polar surface area (TPSA) is 127 Å². The van der Waals surface area contributed by atoms with Crippen molar-refractivity contribution in [2.45, 2.75) is 57.0 Å². The molecule has 2 saturated heterocycles. The highest BCUT2D eigenvalue weighted by Gasteiger charge is 2.47. The number of hydrogen-bond donors (Lipinski definition) is 1. The van der Waals surface area contributed by atoms with Gasteiger partial charge in [0.2, 0.25) is 20.9 Å². The predicted molar refractivity (Wildman–Crippen MR) is 148 cm³/mol. The maximum atomic E-state index is 13.4. The molecule has 2 amide bonds. The average Bonchev–Trinajstić information content (AvgIpc) is 3.60. The van der Waals surface area contributed by atoms with Crippen molar-refractivity contribution in [1.82, 2.24) is 19.8 Å². The number of primary amides is 1. The third kappa shape index (κ3) is 5.33. The Kier molecular flexibility index (Phi) is 7.54. The SMILES string of the molecule is Cc1nc(S(C)(=O)=O)nc(C)c1C(=O)N1CC2CN(CC[C@@H](c3ccccc3)C3(C(N)=O)CCCC3)CC2C1. The number of sulfone groups is 1. The summed E-state index contributed by atoms with van der Waals surface area (Å²) in [5, 5.41) is -0.243. The van der Waals surface area contributed by atoms with Gasteiger partial charge in [-0.05, 0) is 63.0 Å². The fourth-order valence-electron chi connectivity index (χ4n) is 7.29. The van der Waals surface area contributed by atoms with Crippen molar-refractivity contribution >= 4 is 21.7 Å². The van der Waals surface area contributed by atoms with Crippen LogP contribution in [0.25, 0.3) is 0 Å². The van der Waals surface area contributed by atoms with Gasteiger partial charge in [-0.25, -0.2) is 18.4 Å². The van der Waals surface area contributed by atoms with Crippen LogP contribution in [0.1, 0.15) is 65.3 Å². The summed E-state index contributed by atoms with van der Waals surface area (Å²) in [4.78, 5) is 38.8. The molecule has 2 aromatic rings. The second kappa shape index (κ2) is 10.6. The second-order valence-corrected chi connectivity index (χ2v) is 13.7. The van der Waals surface area contributed by atoms with Gasteiger partial charge in [-0.1, -0.05) is 43.2 Å². The summed E-state index contributed by atoms with van der Waals surface area (Å²) >= 11 is 0. The lowest BCUT2D eigenvalue weighted by Crippen LogP contribution is -2.41. The second-order valence-electron chi connectivity index (χ2n) is 11.8. The number of rotatable bonds is 8. The first-order valence-electron chi connectivity index (χ1n) is 13.9. The van der Waals surface area contributed by atoms with Crippen LogP contribution < -0.4 is 5.73 Å². The Balaban J connectivity index is 1.24. The van der Waals surface area contributed by atoms with Crippen LogP contribution in [-0.4, -0.2) is 79.0 Å². The molecule has 2 unspecified atom stereocenters. The van der Waals surface area contributed by atoms with Gasteiger partial charge in [0.15, 0.2) is 0 Å². The molecule has 1 aromatic heterocycles. The molecule has 2 N–H and O–H groups in total. The van der Waals surface area contributed by atoms with E-state index in [1.807, 2.05) is 23.1 Å². The van der Waals surface area contributed by atoms with Crippen LogP contribution in [0.2, 0.25) is 0 Å². The summed E-state index contributed by atoms with van der Waals surface area (Å²) in [5.74, 6) is 0.591. The van der Waals surface area contributed by atoms with Gasteiger partial charge in [0.05, 0.1) is 22.4 Å². The first-order valence-corrected chi connectivity index (χ1v) is 15.8. The van der Waals surface area contributed by atoms with Crippen LogP contribution in [0.4, 0.5) is 0 Å². The molecule has 210 valence electrons. The molecule has 3 aliphatic rings. The van der Waals surface area contributed by atoms with E-state index in [1.54, 1.807) is 13.8 Å². The number of fused-ring (bicyclic) bond motifs is 1. The van der Waals surface area contributed by atoms with Crippen molar-refractivity contribution < 1.29 is 18.0 Å². The van der Waals surface area contributed by atoms with Crippen LogP contribution in [-0.2, 0) is 14.6 Å². The largest absolute Gasteiger partial charge is 0.369 e. The Labute approximate surface area is 231 Å². The molecule has 10 heteroatoms. The van der Waals surface area contributed by atoms with E-state index < -0.39 is 15.3 Å². The molecule has 0 radical (unpaired) electrons. The van der Waals surface area contributed by atoms with E-state index in [4.69, 9.17) is 5.73 Å². The molecule has 5 rings (SSSR count). The summed E-state index contributed by atoms with van der Waals surface area (Å²) in [6, 6.07) is 10.4. The van der Waals surface area contributed by atoms with E-state index in [9.17, 15) is 18.0 Å². The Morgan fingerprint density at radius 2 is 1.56 bits per heavy atom. The van der Waals surface area contributed by atoms with Crippen molar-refractivity contribution in [3.63, 3.8) is 0 Å². The summed E-state index contributed by atoms with van der Waals surface area (Å²) in [5.41, 5.74) is 7.97. The van der Waals surface area contributed by atoms with Gasteiger partial charge in [0.25, 0.3) is 5.91 Å². The van der Waals surface area contributed by atoms with Crippen LogP contribution in [0.5, 0.6) is 0 Å². The molecule has 1 saturated carbocycles. The number of nitrogens with zero attached hydrogens (tertiary/aromatic N) is 4. The molecule has 3 atom stereocenters. The third-order valence-electron chi connectivity index (χ3n) is 9.23. The highest BCUT2D eigenvalue weighted by molar-refractivity contribution is 7.90. The van der Waals surface area contributed by atoms with E-state index in [2.05, 4.69) is 27.0 Å². The van der Waals surface area contributed by atoms with Crippen molar-refractivity contribution in [3.8, 4) is 0 Å². The van der Waals surface area contributed by atoms with Crippen molar-refractivity contribution in [1.29, 1.82) is 0 Å². The molecule has 1 aliphatic carbocycles. The minimum Gasteiger partial charge on any atom is -0.369 e. The summed E-state index contributed by atoms with van der Waals surface area (Å²) in [7, 11) is -3.55. The lowest BCUT2D eigenvalue weighted by atomic mass is 9.68. The first kappa shape index (κ1) is 27.7. The number of benzene rings is 1. The zero-order valence-corrected chi connectivity index (χ0v) is 23.9. The zero-order chi connectivity index (χ0) is 27.9. The maximum absolute atomic E-state index is 13.4. The molecule has 0 spiro atoms. The van der Waals surface area contributed by atoms with Gasteiger partial charge in [0.1, 0.15) is 0 Å². The fraction of sp³-hybridized carbons (Fsp3) is 0.586. The van der Waals surface area contributed by atoms with Gasteiger partial charge in [-0.3, -0.25) is 9.59 Å². The fourth-order valence-corrected chi connectivity index (χ4v) is 7.89. The minimum atomic E-state index is -3.55. The lowest BCUT2D eigenvalue weighted by Gasteiger charge is -2.36. The summed E-state index contributed by atoms with van der Waals surface area (Å²) < 4.78 is 23.8. The maximum Gasteiger partial charge on any atom is 0.257 e. The number of aromatic nitrogens is 2. The molecule has 3 fully saturated rings. The highest BCUT2D eigenvalue weighted by atomic mass is 32.2. The number of aryl methyl sites for hydroxylation is 2. The van der Waals surface area contributed by atoms with Gasteiger partial charge < -0.3 is 15.5 Å². The van der Waals surface area contributed by atoms with E-state index in [0.29, 0.717) is 41.9 Å². The number of likely N-dealkylation sites (tertiary alicyclic amines) is 2. The van der Waals surface area contributed by atoms with E-state index in [0.717, 1.165) is 58.0 Å². The quantitative estimate of drug-likeness (QED) is 0.498. The highest BCUT2D eigenvalue weighted by Crippen LogP contribution is 2.50. The lowest BCUT2D eigenvalue weighted by molar-refractivity contribution is -0.129. The van der Waals surface area contributed by atoms with Crippen molar-refractivity contribution in [3.05, 3.63) is 52.8 Å². The summed E-state index contributed by atoms with van der Waals surface area (Å²) in [6.07, 6.45) is 5.77. The Hall–Kier alpha value is -2.85. The van der Waals surface area contributed by atoms with Crippen molar-refractivity contribution in [2.24, 2.45) is 23.0 Å². The molecule has 0 bridgehead atoms. The number of nitrogens with two attached hydrogens (primary N) is 1. The van der Waals surface area contributed by atoms with Gasteiger partial charge in [-0.15, -0.1) is 0 Å². The Bertz CT molecular complexity index is 1320. The van der Waals surface area contributed by atoms with Gasteiger partial charge in [0, 0.05) is 32.4 Å². The smallest absolute Gasteiger partial charge is 0.257 e. The monoisotopic (exact) mass is 553 g/mol. The molecule has 3 heterocycles. The van der Waals surface area contributed by atoms with Crippen LogP contribution in [0.3, 0.4) is 0 Å². The van der Waals surface area contributed by atoms with Gasteiger partial charge >= 0.3 is 0 Å². The number of hydrogen-bond acceptors (Lipinski definition) is 7. The van der Waals surface area contributed by atoms with Gasteiger partial charge in [-0.2, -0.15) is 0 Å². The standard InChI is InChI=1S/C29H39N5O4S/c1-19-25(20(2)32-28(31-19)39(3,37)38)26(35)34-17-22-15-33(16-23(22)18-34)14-11-24(21-9-5-4-6-10-21)29(27(30)36)12-7-8-13-29/h4-6,9-10,22-24H,7-8,11-18H2,1-3H3,(H2,30,36)/t22?,23?,24-/m0/s1. The predicted octanol–water partition coefficient (Wildman–Crippen LogP) is 2.72. The van der Waals surface area contributed by atoms with E-state index in [-0.39, 0.29) is 22.9 Å². The molecule has 2 aliphatic heterocycles. The van der Waals surface area contributed by atoms with Crippen LogP contribution >= 0.6 is 0 Å². The average molecular weight is 554 g/mol. The van der Waals surface area contributed by atoms with Crippen LogP contribution in [0, 0.1) is 31.1 Å². The number of carbonyl (C=O) groups excluding carboxylic acids is 2. The molecule has 39 heavy (non-hydrogen) atoms. The van der Waals surface area contributed by atoms with E-state index in [1.165, 1.54) is 5.56 Å². The Morgan fingerprint density at radius 3 is 2.08 bits per heavy atom. The normalized spacial score (nSPS) is 23.6. The minimum absolute atomic E-state index is 0.109. The zero-order valence-electron chi connectivity index (χ0n) is 23.1. The summed E-state index contributed by atoms with van der Waals surface area (Å²) in [6.45, 7) is 7.40. The van der Waals surface area contributed by atoms with Crippen molar-refractivity contribution in [2.75, 3.05) is 39.0 Å². The first-order chi connectivity index (χ1) is 18.5. The third-order valence-corrected chi connectivity index (χ3v) is 10.1. The Morgan fingerprint density at radius 1 is 1.00 bits per heavy atom. The van der Waals surface area contributed by atoms with Crippen LogP contribution in [0.15, 0.2) is 35.5 Å². The number of carbonyl (C=O) groups is 2. The molecule has 9 nitrogen and oxygen atoms in total. The van der Waals surface area contributed by atoms with E-state index >= 15 is 0 Å². The number of amides is 2.